The predicted octanol–water partition coefficient (Wildman–Crippen LogP) is 3.32. The number of amides is 1. The van der Waals surface area contributed by atoms with Gasteiger partial charge in [0.25, 0.3) is 0 Å². The first kappa shape index (κ1) is 16.9. The van der Waals surface area contributed by atoms with Gasteiger partial charge in [-0.15, -0.1) is 11.3 Å². The van der Waals surface area contributed by atoms with E-state index >= 15 is 0 Å². The summed E-state index contributed by atoms with van der Waals surface area (Å²) in [5.41, 5.74) is 2.09. The number of aromatic nitrogens is 1. The van der Waals surface area contributed by atoms with Gasteiger partial charge < -0.3 is 9.64 Å². The number of hydrogen-bond donors (Lipinski definition) is 0. The molecule has 1 aliphatic rings. The zero-order chi connectivity index (χ0) is 16.8. The zero-order valence-electron chi connectivity index (χ0n) is 13.9. The van der Waals surface area contributed by atoms with Crippen LogP contribution in [0.25, 0.3) is 6.08 Å². The molecule has 0 bridgehead atoms. The Morgan fingerprint density at radius 2 is 2.25 bits per heavy atom. The number of hydrogen-bond acceptors (Lipinski definition) is 4. The third-order valence-corrected chi connectivity index (χ3v) is 4.94. The molecule has 1 aromatic carbocycles. The van der Waals surface area contributed by atoms with Crippen LogP contribution in [0.15, 0.2) is 41.8 Å². The standard InChI is InChI=1S/C19H22N2O2S/c1-15-20-17(14-24-15)7-8-19(22)21(18-10-12-23-13-18)11-9-16-5-3-2-4-6-16/h2-8,14,18H,9-13H2,1H3/b8-7+/t18-/m0/s1. The van der Waals surface area contributed by atoms with E-state index in [2.05, 4.69) is 17.1 Å². The van der Waals surface area contributed by atoms with Gasteiger partial charge in [0.05, 0.1) is 23.4 Å². The number of rotatable bonds is 6. The van der Waals surface area contributed by atoms with Gasteiger partial charge in [0.1, 0.15) is 0 Å². The van der Waals surface area contributed by atoms with Crippen LogP contribution in [0.3, 0.4) is 0 Å². The molecule has 1 atom stereocenters. The molecule has 0 spiro atoms. The molecular weight excluding hydrogens is 320 g/mol. The molecule has 2 aromatic rings. The van der Waals surface area contributed by atoms with Crippen LogP contribution in [0.1, 0.15) is 22.7 Å². The summed E-state index contributed by atoms with van der Waals surface area (Å²) in [6.07, 6.45) is 5.20. The lowest BCUT2D eigenvalue weighted by Crippen LogP contribution is -2.41. The summed E-state index contributed by atoms with van der Waals surface area (Å²) in [5, 5.41) is 2.97. The highest BCUT2D eigenvalue weighted by Gasteiger charge is 2.25. The van der Waals surface area contributed by atoms with Crippen LogP contribution in [0.5, 0.6) is 0 Å². The fraction of sp³-hybridized carbons (Fsp3) is 0.368. The first-order valence-electron chi connectivity index (χ1n) is 8.25. The summed E-state index contributed by atoms with van der Waals surface area (Å²) in [4.78, 5) is 19.0. The monoisotopic (exact) mass is 342 g/mol. The van der Waals surface area contributed by atoms with Crippen LogP contribution in [0, 0.1) is 6.92 Å². The van der Waals surface area contributed by atoms with Crippen LogP contribution < -0.4 is 0 Å². The molecule has 1 fully saturated rings. The summed E-state index contributed by atoms with van der Waals surface area (Å²) in [6.45, 7) is 4.03. The molecule has 0 radical (unpaired) electrons. The third kappa shape index (κ3) is 4.52. The molecule has 1 aliphatic heterocycles. The SMILES string of the molecule is Cc1nc(/C=C/C(=O)N(CCc2ccccc2)[C@H]2CCOC2)cs1. The number of benzene rings is 1. The minimum Gasteiger partial charge on any atom is -0.379 e. The van der Waals surface area contributed by atoms with Gasteiger partial charge in [-0.25, -0.2) is 4.98 Å². The van der Waals surface area contributed by atoms with Gasteiger partial charge in [-0.3, -0.25) is 4.79 Å². The van der Waals surface area contributed by atoms with Crippen LogP contribution in [0.2, 0.25) is 0 Å². The van der Waals surface area contributed by atoms with Crippen molar-refractivity contribution in [3.05, 3.63) is 58.1 Å². The Morgan fingerprint density at radius 1 is 1.42 bits per heavy atom. The van der Waals surface area contributed by atoms with Crippen molar-refractivity contribution in [3.8, 4) is 0 Å². The van der Waals surface area contributed by atoms with E-state index in [1.54, 1.807) is 23.5 Å². The van der Waals surface area contributed by atoms with Gasteiger partial charge >= 0.3 is 0 Å². The van der Waals surface area contributed by atoms with E-state index in [0.717, 1.165) is 30.2 Å². The summed E-state index contributed by atoms with van der Waals surface area (Å²) < 4.78 is 5.48. The second kappa shape index (κ2) is 8.22. The molecule has 3 rings (SSSR count). The summed E-state index contributed by atoms with van der Waals surface area (Å²) in [6, 6.07) is 10.4. The maximum Gasteiger partial charge on any atom is 0.246 e. The molecule has 0 N–H and O–H groups in total. The van der Waals surface area contributed by atoms with Crippen molar-refractivity contribution < 1.29 is 9.53 Å². The molecule has 2 heterocycles. The van der Waals surface area contributed by atoms with E-state index in [4.69, 9.17) is 4.74 Å². The predicted molar refractivity (Wildman–Crippen MR) is 97.0 cm³/mol. The normalized spacial score (nSPS) is 17.5. The van der Waals surface area contributed by atoms with Crippen molar-refractivity contribution in [1.82, 2.24) is 9.88 Å². The van der Waals surface area contributed by atoms with E-state index < -0.39 is 0 Å². The van der Waals surface area contributed by atoms with Crippen LogP contribution in [-0.4, -0.2) is 41.6 Å². The number of carbonyl (C=O) groups is 1. The highest BCUT2D eigenvalue weighted by molar-refractivity contribution is 7.09. The Kier molecular flexibility index (Phi) is 5.77. The fourth-order valence-corrected chi connectivity index (χ4v) is 3.42. The second-order valence-electron chi connectivity index (χ2n) is 5.91. The van der Waals surface area contributed by atoms with Crippen molar-refractivity contribution in [1.29, 1.82) is 0 Å². The first-order valence-corrected chi connectivity index (χ1v) is 9.13. The summed E-state index contributed by atoms with van der Waals surface area (Å²) >= 11 is 1.59. The van der Waals surface area contributed by atoms with Crippen molar-refractivity contribution in [2.75, 3.05) is 19.8 Å². The highest BCUT2D eigenvalue weighted by atomic mass is 32.1. The molecule has 24 heavy (non-hydrogen) atoms. The number of ether oxygens (including phenoxy) is 1. The molecule has 5 heteroatoms. The van der Waals surface area contributed by atoms with E-state index in [0.29, 0.717) is 13.2 Å². The van der Waals surface area contributed by atoms with Crippen molar-refractivity contribution >= 4 is 23.3 Å². The molecule has 1 saturated heterocycles. The van der Waals surface area contributed by atoms with Crippen molar-refractivity contribution in [2.45, 2.75) is 25.8 Å². The van der Waals surface area contributed by atoms with E-state index in [1.807, 2.05) is 35.4 Å². The smallest absolute Gasteiger partial charge is 0.246 e. The zero-order valence-corrected chi connectivity index (χ0v) is 14.7. The molecule has 0 saturated carbocycles. The number of aryl methyl sites for hydroxylation is 1. The van der Waals surface area contributed by atoms with Crippen LogP contribution in [-0.2, 0) is 16.0 Å². The Labute approximate surface area is 146 Å². The van der Waals surface area contributed by atoms with E-state index in [-0.39, 0.29) is 11.9 Å². The molecular formula is C19H22N2O2S. The average Bonchev–Trinajstić information content (AvgIpc) is 3.26. The Balaban J connectivity index is 1.66. The minimum absolute atomic E-state index is 0.0343. The molecule has 0 aliphatic carbocycles. The third-order valence-electron chi connectivity index (χ3n) is 4.15. The summed E-state index contributed by atoms with van der Waals surface area (Å²) in [7, 11) is 0. The van der Waals surface area contributed by atoms with Crippen molar-refractivity contribution in [3.63, 3.8) is 0 Å². The molecule has 0 unspecified atom stereocenters. The second-order valence-corrected chi connectivity index (χ2v) is 6.97. The minimum atomic E-state index is 0.0343. The van der Waals surface area contributed by atoms with Gasteiger partial charge in [0.2, 0.25) is 5.91 Å². The molecule has 126 valence electrons. The number of carbonyl (C=O) groups excluding carboxylic acids is 1. The average molecular weight is 342 g/mol. The fourth-order valence-electron chi connectivity index (χ4n) is 2.84. The van der Waals surface area contributed by atoms with E-state index in [1.165, 1.54) is 5.56 Å². The van der Waals surface area contributed by atoms with Gasteiger partial charge in [0, 0.05) is 24.6 Å². The van der Waals surface area contributed by atoms with Crippen LogP contribution >= 0.6 is 11.3 Å². The lowest BCUT2D eigenvalue weighted by Gasteiger charge is -2.27. The van der Waals surface area contributed by atoms with Gasteiger partial charge in [-0.1, -0.05) is 30.3 Å². The maximum atomic E-state index is 12.7. The lowest BCUT2D eigenvalue weighted by molar-refractivity contribution is -0.128. The molecule has 1 aromatic heterocycles. The summed E-state index contributed by atoms with van der Waals surface area (Å²) in [5.74, 6) is 0.0343. The maximum absolute atomic E-state index is 12.7. The largest absolute Gasteiger partial charge is 0.379 e. The van der Waals surface area contributed by atoms with Crippen molar-refractivity contribution in [2.24, 2.45) is 0 Å². The Hall–Kier alpha value is -1.98. The van der Waals surface area contributed by atoms with Gasteiger partial charge in [-0.05, 0) is 31.4 Å². The Morgan fingerprint density at radius 3 is 2.92 bits per heavy atom. The number of nitrogens with zero attached hydrogens (tertiary/aromatic N) is 2. The van der Waals surface area contributed by atoms with E-state index in [9.17, 15) is 4.79 Å². The van der Waals surface area contributed by atoms with Gasteiger partial charge in [0.15, 0.2) is 0 Å². The quantitative estimate of drug-likeness (QED) is 0.756. The number of thiazole rings is 1. The lowest BCUT2D eigenvalue weighted by atomic mass is 10.1. The first-order chi connectivity index (χ1) is 11.7. The molecule has 1 amide bonds. The Bertz CT molecular complexity index is 690. The molecule has 4 nitrogen and oxygen atoms in total. The van der Waals surface area contributed by atoms with Gasteiger partial charge in [-0.2, -0.15) is 0 Å². The topological polar surface area (TPSA) is 42.4 Å². The van der Waals surface area contributed by atoms with Crippen LogP contribution in [0.4, 0.5) is 0 Å². The highest BCUT2D eigenvalue weighted by Crippen LogP contribution is 2.15.